The van der Waals surface area contributed by atoms with Gasteiger partial charge in [-0.05, 0) is 46.5 Å². The summed E-state index contributed by atoms with van der Waals surface area (Å²) in [5.41, 5.74) is -1.49. The van der Waals surface area contributed by atoms with Crippen molar-refractivity contribution in [2.45, 2.75) is 58.1 Å². The lowest BCUT2D eigenvalue weighted by Crippen LogP contribution is -2.39. The largest absolute Gasteiger partial charge is 0.481 e. The van der Waals surface area contributed by atoms with Gasteiger partial charge >= 0.3 is 12.1 Å². The third-order valence-corrected chi connectivity index (χ3v) is 3.37. The summed E-state index contributed by atoms with van der Waals surface area (Å²) >= 11 is 0. The van der Waals surface area contributed by atoms with E-state index in [1.807, 2.05) is 0 Å². The van der Waals surface area contributed by atoms with Crippen LogP contribution in [0.15, 0.2) is 0 Å². The molecular formula is C13H23NO5. The third kappa shape index (κ3) is 4.38. The highest BCUT2D eigenvalue weighted by Crippen LogP contribution is 2.41. The topological polar surface area (TPSA) is 95.9 Å². The fraction of sp³-hybridized carbons (Fsp3) is 0.846. The van der Waals surface area contributed by atoms with Gasteiger partial charge in [0.05, 0.1) is 5.41 Å². The average molecular weight is 273 g/mol. The highest BCUT2D eigenvalue weighted by molar-refractivity contribution is 5.75. The first-order valence-electron chi connectivity index (χ1n) is 6.52. The Kier molecular flexibility index (Phi) is 4.79. The molecule has 1 aliphatic carbocycles. The lowest BCUT2D eigenvalue weighted by atomic mass is 9.83. The predicted octanol–water partition coefficient (Wildman–Crippen LogP) is 1.52. The Morgan fingerprint density at radius 2 is 2.05 bits per heavy atom. The van der Waals surface area contributed by atoms with Crippen molar-refractivity contribution in [1.82, 2.24) is 5.32 Å². The number of ether oxygens (including phenoxy) is 1. The molecule has 0 heterocycles. The van der Waals surface area contributed by atoms with Gasteiger partial charge in [0, 0.05) is 12.6 Å². The Morgan fingerprint density at radius 1 is 1.42 bits per heavy atom. The van der Waals surface area contributed by atoms with Crippen LogP contribution in [0.5, 0.6) is 0 Å². The van der Waals surface area contributed by atoms with Crippen LogP contribution in [0.3, 0.4) is 0 Å². The standard InChI is InChI=1S/C13H23NO5/c1-12(2,3)19-11(18)14-9-4-5-13(8-9,6-7-15)10(16)17/h9,15H,4-8H2,1-3H3,(H,14,18)(H,16,17). The Bertz CT molecular complexity index is 349. The van der Waals surface area contributed by atoms with Crippen molar-refractivity contribution < 1.29 is 24.5 Å². The number of carbonyl (C=O) groups excluding carboxylic acids is 1. The van der Waals surface area contributed by atoms with E-state index < -0.39 is 23.1 Å². The van der Waals surface area contributed by atoms with E-state index >= 15 is 0 Å². The van der Waals surface area contributed by atoms with Crippen molar-refractivity contribution in [3.8, 4) is 0 Å². The molecule has 0 bridgehead atoms. The molecule has 1 aliphatic rings. The van der Waals surface area contributed by atoms with Gasteiger partial charge in [-0.2, -0.15) is 0 Å². The second-order valence-corrected chi connectivity index (χ2v) is 6.15. The molecule has 6 nitrogen and oxygen atoms in total. The minimum atomic E-state index is -0.922. The van der Waals surface area contributed by atoms with Crippen LogP contribution >= 0.6 is 0 Å². The predicted molar refractivity (Wildman–Crippen MR) is 68.8 cm³/mol. The van der Waals surface area contributed by atoms with Crippen LogP contribution in [0.2, 0.25) is 0 Å². The number of rotatable bonds is 4. The highest BCUT2D eigenvalue weighted by Gasteiger charge is 2.45. The second-order valence-electron chi connectivity index (χ2n) is 6.15. The average Bonchev–Trinajstić information content (AvgIpc) is 2.60. The molecule has 0 radical (unpaired) electrons. The van der Waals surface area contributed by atoms with E-state index in [1.54, 1.807) is 20.8 Å². The normalized spacial score (nSPS) is 27.1. The van der Waals surface area contributed by atoms with Gasteiger partial charge in [0.15, 0.2) is 0 Å². The van der Waals surface area contributed by atoms with E-state index in [0.29, 0.717) is 19.3 Å². The van der Waals surface area contributed by atoms with Gasteiger partial charge < -0.3 is 20.3 Å². The maximum absolute atomic E-state index is 11.6. The van der Waals surface area contributed by atoms with Crippen LogP contribution in [0, 0.1) is 5.41 Å². The van der Waals surface area contributed by atoms with Crippen LogP contribution < -0.4 is 5.32 Å². The van der Waals surface area contributed by atoms with E-state index in [-0.39, 0.29) is 19.1 Å². The summed E-state index contributed by atoms with van der Waals surface area (Å²) in [6.45, 7) is 5.16. The minimum Gasteiger partial charge on any atom is -0.481 e. The van der Waals surface area contributed by atoms with Crippen molar-refractivity contribution in [3.05, 3.63) is 0 Å². The molecule has 110 valence electrons. The first-order valence-corrected chi connectivity index (χ1v) is 6.52. The number of hydrogen-bond acceptors (Lipinski definition) is 4. The van der Waals surface area contributed by atoms with Gasteiger partial charge in [0.1, 0.15) is 5.60 Å². The zero-order chi connectivity index (χ0) is 14.7. The van der Waals surface area contributed by atoms with Gasteiger partial charge in [-0.15, -0.1) is 0 Å². The molecule has 3 N–H and O–H groups in total. The van der Waals surface area contributed by atoms with E-state index in [1.165, 1.54) is 0 Å². The molecule has 0 saturated heterocycles. The van der Waals surface area contributed by atoms with Gasteiger partial charge in [0.2, 0.25) is 0 Å². The summed E-state index contributed by atoms with van der Waals surface area (Å²) in [7, 11) is 0. The Labute approximate surface area is 113 Å². The zero-order valence-electron chi connectivity index (χ0n) is 11.7. The third-order valence-electron chi connectivity index (χ3n) is 3.37. The van der Waals surface area contributed by atoms with E-state index in [9.17, 15) is 14.7 Å². The number of carboxylic acids is 1. The number of nitrogens with one attached hydrogen (secondary N) is 1. The molecule has 0 aromatic carbocycles. The molecule has 1 rings (SSSR count). The lowest BCUT2D eigenvalue weighted by molar-refractivity contribution is -0.149. The quantitative estimate of drug-likeness (QED) is 0.721. The number of amides is 1. The number of aliphatic hydroxyl groups excluding tert-OH is 1. The number of aliphatic carboxylic acids is 1. The number of carboxylic acid groups (broad SMARTS) is 1. The maximum Gasteiger partial charge on any atom is 0.407 e. The van der Waals surface area contributed by atoms with Crippen molar-refractivity contribution in [1.29, 1.82) is 0 Å². The van der Waals surface area contributed by atoms with E-state index in [2.05, 4.69) is 5.32 Å². The molecule has 0 aromatic rings. The van der Waals surface area contributed by atoms with Gasteiger partial charge in [0.25, 0.3) is 0 Å². The molecule has 1 saturated carbocycles. The van der Waals surface area contributed by atoms with Crippen LogP contribution in [0.4, 0.5) is 4.79 Å². The van der Waals surface area contributed by atoms with Crippen LogP contribution in [-0.2, 0) is 9.53 Å². The molecular weight excluding hydrogens is 250 g/mol. The Balaban J connectivity index is 2.56. The SMILES string of the molecule is CC(C)(C)OC(=O)NC1CCC(CCO)(C(=O)O)C1. The minimum absolute atomic E-state index is 0.161. The maximum atomic E-state index is 11.6. The summed E-state index contributed by atoms with van der Waals surface area (Å²) in [6.07, 6.45) is 1.08. The molecule has 1 amide bonds. The highest BCUT2D eigenvalue weighted by atomic mass is 16.6. The second kappa shape index (κ2) is 5.77. The van der Waals surface area contributed by atoms with Crippen molar-refractivity contribution in [3.63, 3.8) is 0 Å². The molecule has 2 unspecified atom stereocenters. The fourth-order valence-corrected chi connectivity index (χ4v) is 2.47. The summed E-state index contributed by atoms with van der Waals surface area (Å²) in [6, 6.07) is -0.211. The van der Waals surface area contributed by atoms with Crippen LogP contribution in [0.25, 0.3) is 0 Å². The zero-order valence-corrected chi connectivity index (χ0v) is 11.7. The van der Waals surface area contributed by atoms with Gasteiger partial charge in [-0.1, -0.05) is 0 Å². The fourth-order valence-electron chi connectivity index (χ4n) is 2.47. The molecule has 6 heteroatoms. The van der Waals surface area contributed by atoms with E-state index in [0.717, 1.165) is 0 Å². The summed E-state index contributed by atoms with van der Waals surface area (Å²) in [4.78, 5) is 22.9. The molecule has 2 atom stereocenters. The Morgan fingerprint density at radius 3 is 2.53 bits per heavy atom. The smallest absolute Gasteiger partial charge is 0.407 e. The first-order chi connectivity index (χ1) is 8.68. The van der Waals surface area contributed by atoms with Crippen molar-refractivity contribution in [2.24, 2.45) is 5.41 Å². The summed E-state index contributed by atoms with van der Waals surface area (Å²) < 4.78 is 5.14. The molecule has 0 spiro atoms. The van der Waals surface area contributed by atoms with Gasteiger partial charge in [-0.3, -0.25) is 4.79 Å². The van der Waals surface area contributed by atoms with Crippen LogP contribution in [0.1, 0.15) is 46.5 Å². The summed E-state index contributed by atoms with van der Waals surface area (Å²) in [5.74, 6) is -0.907. The number of alkyl carbamates (subject to hydrolysis) is 1. The number of hydrogen-bond donors (Lipinski definition) is 3. The monoisotopic (exact) mass is 273 g/mol. The molecule has 1 fully saturated rings. The van der Waals surface area contributed by atoms with Crippen molar-refractivity contribution >= 4 is 12.1 Å². The van der Waals surface area contributed by atoms with E-state index in [4.69, 9.17) is 9.84 Å². The number of carbonyl (C=O) groups is 2. The van der Waals surface area contributed by atoms with Crippen LogP contribution in [-0.4, -0.2) is 40.5 Å². The lowest BCUT2D eigenvalue weighted by Gasteiger charge is -2.24. The molecule has 0 aliphatic heterocycles. The number of aliphatic hydroxyl groups is 1. The van der Waals surface area contributed by atoms with Gasteiger partial charge in [-0.25, -0.2) is 4.79 Å². The summed E-state index contributed by atoms with van der Waals surface area (Å²) in [5, 5.41) is 21.0. The molecule has 19 heavy (non-hydrogen) atoms. The Hall–Kier alpha value is -1.30. The van der Waals surface area contributed by atoms with Crippen molar-refractivity contribution in [2.75, 3.05) is 6.61 Å². The molecule has 0 aromatic heterocycles. The first kappa shape index (κ1) is 15.8.